The van der Waals surface area contributed by atoms with Gasteiger partial charge >= 0.3 is 14.8 Å². The van der Waals surface area contributed by atoms with E-state index in [9.17, 15) is 4.79 Å². The number of thiol groups is 1. The normalized spacial score (nSPS) is 11.8. The Morgan fingerprint density at radius 1 is 1.15 bits per heavy atom. The van der Waals surface area contributed by atoms with Crippen molar-refractivity contribution >= 4 is 27.7 Å². The van der Waals surface area contributed by atoms with E-state index < -0.39 is 8.80 Å². The maximum atomic E-state index is 11.7. The zero-order valence-electron chi connectivity index (χ0n) is 13.0. The number of carbonyl (C=O) groups excluding carboxylic acids is 1. The van der Waals surface area contributed by atoms with Crippen molar-refractivity contribution in [3.8, 4) is 0 Å². The standard InChI is InChI=1S/C11H27N3O4SSi/c1-13(2)8-9-14(19)11(15)12-7-6-10-20(16-3,17-4)18-5/h19H,6-10H2,1-5H3,(H,12,15). The Balaban J connectivity index is 3.91. The maximum absolute atomic E-state index is 11.7. The second-order valence-corrected chi connectivity index (χ2v) is 8.13. The van der Waals surface area contributed by atoms with Gasteiger partial charge in [0, 0.05) is 47.0 Å². The van der Waals surface area contributed by atoms with Gasteiger partial charge < -0.3 is 23.5 Å². The predicted molar refractivity (Wildman–Crippen MR) is 83.8 cm³/mol. The summed E-state index contributed by atoms with van der Waals surface area (Å²) in [6.45, 7) is 1.86. The molecule has 0 aromatic rings. The predicted octanol–water partition coefficient (Wildman–Crippen LogP) is 0.673. The largest absolute Gasteiger partial charge is 0.500 e. The molecule has 2 amide bonds. The Bertz CT molecular complexity index is 272. The van der Waals surface area contributed by atoms with Crippen molar-refractivity contribution in [1.82, 2.24) is 14.5 Å². The first kappa shape index (κ1) is 19.7. The molecule has 0 bridgehead atoms. The SMILES string of the molecule is CO[Si](CCCNC(=O)N(S)CCN(C)C)(OC)OC. The van der Waals surface area contributed by atoms with Crippen LogP contribution < -0.4 is 5.32 Å². The number of hydrogen-bond acceptors (Lipinski definition) is 6. The lowest BCUT2D eigenvalue weighted by molar-refractivity contribution is 0.123. The highest BCUT2D eigenvalue weighted by molar-refractivity contribution is 7.78. The summed E-state index contributed by atoms with van der Waals surface area (Å²) in [5, 5.41) is 2.80. The fourth-order valence-electron chi connectivity index (χ4n) is 1.54. The molecule has 0 aromatic heterocycles. The number of urea groups is 1. The molecule has 20 heavy (non-hydrogen) atoms. The van der Waals surface area contributed by atoms with Crippen molar-refractivity contribution in [3.05, 3.63) is 0 Å². The first-order valence-corrected chi connectivity index (χ1v) is 8.78. The zero-order valence-corrected chi connectivity index (χ0v) is 14.9. The summed E-state index contributed by atoms with van der Waals surface area (Å²) in [5.74, 6) is 0. The molecule has 0 rings (SSSR count). The minimum Gasteiger partial charge on any atom is -0.377 e. The maximum Gasteiger partial charge on any atom is 0.500 e. The van der Waals surface area contributed by atoms with Crippen LogP contribution in [0.4, 0.5) is 4.79 Å². The van der Waals surface area contributed by atoms with E-state index in [1.807, 2.05) is 19.0 Å². The quantitative estimate of drug-likeness (QED) is 0.351. The monoisotopic (exact) mass is 325 g/mol. The van der Waals surface area contributed by atoms with Gasteiger partial charge in [-0.25, -0.2) is 4.79 Å². The molecule has 0 aromatic carbocycles. The van der Waals surface area contributed by atoms with Gasteiger partial charge in [-0.3, -0.25) is 4.31 Å². The number of likely N-dealkylation sites (N-methyl/N-ethyl adjacent to an activating group) is 1. The third-order valence-electron chi connectivity index (χ3n) is 2.86. The number of carbonyl (C=O) groups is 1. The van der Waals surface area contributed by atoms with E-state index in [4.69, 9.17) is 13.3 Å². The average molecular weight is 326 g/mol. The van der Waals surface area contributed by atoms with Crippen molar-refractivity contribution in [1.29, 1.82) is 0 Å². The molecular formula is C11H27N3O4SSi. The van der Waals surface area contributed by atoms with Gasteiger partial charge in [0.15, 0.2) is 0 Å². The molecule has 0 radical (unpaired) electrons. The fourth-order valence-corrected chi connectivity index (χ4v) is 3.43. The number of amides is 2. The van der Waals surface area contributed by atoms with Gasteiger partial charge in [0.05, 0.1) is 0 Å². The van der Waals surface area contributed by atoms with Gasteiger partial charge in [-0.1, -0.05) is 12.8 Å². The molecule has 9 heteroatoms. The molecular weight excluding hydrogens is 298 g/mol. The van der Waals surface area contributed by atoms with Gasteiger partial charge in [0.2, 0.25) is 0 Å². The Morgan fingerprint density at radius 3 is 2.15 bits per heavy atom. The van der Waals surface area contributed by atoms with E-state index in [-0.39, 0.29) is 6.03 Å². The van der Waals surface area contributed by atoms with Crippen molar-refractivity contribution in [2.45, 2.75) is 12.5 Å². The second kappa shape index (κ2) is 10.4. The highest BCUT2D eigenvalue weighted by atomic mass is 32.1. The molecule has 0 spiro atoms. The molecule has 0 unspecified atom stereocenters. The Morgan fingerprint density at radius 2 is 1.70 bits per heavy atom. The lowest BCUT2D eigenvalue weighted by atomic mass is 10.5. The number of hydrogen-bond donors (Lipinski definition) is 2. The smallest absolute Gasteiger partial charge is 0.377 e. The lowest BCUT2D eigenvalue weighted by Crippen LogP contribution is -2.44. The molecule has 0 saturated carbocycles. The van der Waals surface area contributed by atoms with Gasteiger partial charge in [0.25, 0.3) is 0 Å². The van der Waals surface area contributed by atoms with Crippen molar-refractivity contribution in [3.63, 3.8) is 0 Å². The Hall–Kier alpha value is -0.323. The number of nitrogens with one attached hydrogen (secondary N) is 1. The Labute approximate surface area is 128 Å². The van der Waals surface area contributed by atoms with E-state index in [2.05, 4.69) is 18.1 Å². The topological polar surface area (TPSA) is 63.3 Å². The molecule has 0 fully saturated rings. The van der Waals surface area contributed by atoms with Crippen LogP contribution in [0.3, 0.4) is 0 Å². The summed E-state index contributed by atoms with van der Waals surface area (Å²) in [6.07, 6.45) is 0.725. The summed E-state index contributed by atoms with van der Waals surface area (Å²) < 4.78 is 17.3. The fraction of sp³-hybridized carbons (Fsp3) is 0.909. The minimum atomic E-state index is -2.54. The second-order valence-electron chi connectivity index (χ2n) is 4.56. The zero-order chi connectivity index (χ0) is 15.6. The van der Waals surface area contributed by atoms with Crippen LogP contribution in [0, 0.1) is 0 Å². The van der Waals surface area contributed by atoms with Crippen LogP contribution >= 0.6 is 12.8 Å². The summed E-state index contributed by atoms with van der Waals surface area (Å²) in [6, 6.07) is 0.454. The van der Waals surface area contributed by atoms with E-state index in [1.165, 1.54) is 4.31 Å². The summed E-state index contributed by atoms with van der Waals surface area (Å²) in [7, 11) is 6.09. The summed E-state index contributed by atoms with van der Waals surface area (Å²) in [4.78, 5) is 13.7. The molecule has 0 aliphatic heterocycles. The van der Waals surface area contributed by atoms with Crippen LogP contribution in [0.1, 0.15) is 6.42 Å². The highest BCUT2D eigenvalue weighted by Crippen LogP contribution is 2.14. The molecule has 7 nitrogen and oxygen atoms in total. The van der Waals surface area contributed by atoms with Crippen LogP contribution in [0.5, 0.6) is 0 Å². The van der Waals surface area contributed by atoms with Crippen LogP contribution in [0.25, 0.3) is 0 Å². The highest BCUT2D eigenvalue weighted by Gasteiger charge is 2.36. The van der Waals surface area contributed by atoms with E-state index in [1.54, 1.807) is 21.3 Å². The summed E-state index contributed by atoms with van der Waals surface area (Å²) in [5.41, 5.74) is 0. The van der Waals surface area contributed by atoms with Crippen LogP contribution in [0.15, 0.2) is 0 Å². The number of rotatable bonds is 10. The lowest BCUT2D eigenvalue weighted by Gasteiger charge is -2.24. The summed E-state index contributed by atoms with van der Waals surface area (Å²) >= 11 is 4.14. The average Bonchev–Trinajstić information content (AvgIpc) is 2.45. The van der Waals surface area contributed by atoms with Crippen molar-refractivity contribution < 1.29 is 18.1 Å². The van der Waals surface area contributed by atoms with Crippen LogP contribution in [-0.2, 0) is 13.3 Å². The van der Waals surface area contributed by atoms with Gasteiger partial charge in [-0.05, 0) is 20.5 Å². The first-order chi connectivity index (χ1) is 9.40. The van der Waals surface area contributed by atoms with Crippen molar-refractivity contribution in [2.24, 2.45) is 0 Å². The molecule has 0 heterocycles. The first-order valence-electron chi connectivity index (χ1n) is 6.45. The van der Waals surface area contributed by atoms with Gasteiger partial charge in [0.1, 0.15) is 0 Å². The molecule has 0 saturated heterocycles. The van der Waals surface area contributed by atoms with E-state index in [0.29, 0.717) is 19.1 Å². The molecule has 1 N–H and O–H groups in total. The minimum absolute atomic E-state index is 0.199. The molecule has 0 aliphatic carbocycles. The molecule has 0 aliphatic rings. The van der Waals surface area contributed by atoms with Gasteiger partial charge in [-0.15, -0.1) is 0 Å². The Kier molecular flexibility index (Phi) is 10.2. The van der Waals surface area contributed by atoms with Crippen molar-refractivity contribution in [2.75, 3.05) is 55.1 Å². The molecule has 120 valence electrons. The molecule has 0 atom stereocenters. The number of nitrogens with zero attached hydrogens (tertiary/aromatic N) is 2. The third kappa shape index (κ3) is 7.46. The van der Waals surface area contributed by atoms with Crippen LogP contribution in [-0.4, -0.2) is 79.1 Å². The van der Waals surface area contributed by atoms with Crippen LogP contribution in [0.2, 0.25) is 6.04 Å². The van der Waals surface area contributed by atoms with E-state index in [0.717, 1.165) is 13.0 Å². The van der Waals surface area contributed by atoms with Gasteiger partial charge in [-0.2, -0.15) is 0 Å². The van der Waals surface area contributed by atoms with E-state index >= 15 is 0 Å². The third-order valence-corrected chi connectivity index (χ3v) is 6.08.